The Bertz CT molecular complexity index is 834. The highest BCUT2D eigenvalue weighted by Crippen LogP contribution is 2.24. The van der Waals surface area contributed by atoms with Crippen LogP contribution in [0.3, 0.4) is 0 Å². The van der Waals surface area contributed by atoms with Crippen molar-refractivity contribution < 1.29 is 8.42 Å². The van der Waals surface area contributed by atoms with E-state index in [2.05, 4.69) is 20.4 Å². The van der Waals surface area contributed by atoms with Crippen LogP contribution >= 0.6 is 0 Å². The van der Waals surface area contributed by atoms with Crippen molar-refractivity contribution in [3.8, 4) is 0 Å². The molecule has 0 radical (unpaired) electrons. The third kappa shape index (κ3) is 3.15. The number of aromatic nitrogens is 4. The fourth-order valence-electron chi connectivity index (χ4n) is 2.73. The molecule has 0 bridgehead atoms. The lowest BCUT2D eigenvalue weighted by atomic mass is 10.1. The third-order valence-electron chi connectivity index (χ3n) is 4.15. The quantitative estimate of drug-likeness (QED) is 0.911. The van der Waals surface area contributed by atoms with Gasteiger partial charge in [-0.15, -0.1) is 0 Å². The molecule has 1 aliphatic rings. The Kier molecular flexibility index (Phi) is 4.11. The van der Waals surface area contributed by atoms with Gasteiger partial charge in [0.15, 0.2) is 14.9 Å². The average Bonchev–Trinajstić information content (AvgIpc) is 2.86. The molecule has 0 fully saturated rings. The number of nitrogens with zero attached hydrogens (tertiary/aromatic N) is 4. The van der Waals surface area contributed by atoms with Crippen molar-refractivity contribution in [2.75, 3.05) is 5.32 Å². The normalized spacial score (nSPS) is 18.2. The van der Waals surface area contributed by atoms with Crippen molar-refractivity contribution in [3.63, 3.8) is 0 Å². The van der Waals surface area contributed by atoms with Gasteiger partial charge in [-0.25, -0.2) is 23.1 Å². The minimum atomic E-state index is -3.42. The fourth-order valence-corrected chi connectivity index (χ4v) is 3.79. The maximum atomic E-state index is 12.4. The van der Waals surface area contributed by atoms with Gasteiger partial charge in [0.2, 0.25) is 0 Å². The monoisotopic (exact) mass is 349 g/mol. The second-order valence-electron chi connectivity index (χ2n) is 7.14. The number of sulfone groups is 1. The SMILES string of the molecule is Cc1nc2n(n1)CC(Nc1ccc(S(=O)(=O)C(C)(C)C)nc1)CC2. The van der Waals surface area contributed by atoms with Crippen LogP contribution in [0.4, 0.5) is 5.69 Å². The minimum Gasteiger partial charge on any atom is -0.379 e. The summed E-state index contributed by atoms with van der Waals surface area (Å²) in [7, 11) is -3.42. The highest BCUT2D eigenvalue weighted by atomic mass is 32.2. The summed E-state index contributed by atoms with van der Waals surface area (Å²) in [6.45, 7) is 7.67. The third-order valence-corrected chi connectivity index (χ3v) is 6.56. The van der Waals surface area contributed by atoms with Crippen molar-refractivity contribution in [2.24, 2.45) is 0 Å². The van der Waals surface area contributed by atoms with Gasteiger partial charge in [-0.2, -0.15) is 5.10 Å². The first-order valence-corrected chi connectivity index (χ1v) is 9.53. The molecule has 0 saturated carbocycles. The minimum absolute atomic E-state index is 0.110. The molecule has 0 aromatic carbocycles. The molecule has 7 nitrogen and oxygen atoms in total. The highest BCUT2D eigenvalue weighted by Gasteiger charge is 2.32. The van der Waals surface area contributed by atoms with E-state index in [4.69, 9.17) is 0 Å². The van der Waals surface area contributed by atoms with E-state index in [9.17, 15) is 8.42 Å². The van der Waals surface area contributed by atoms with Gasteiger partial charge in [-0.3, -0.25) is 0 Å². The number of aryl methyl sites for hydroxylation is 2. The smallest absolute Gasteiger partial charge is 0.200 e. The maximum absolute atomic E-state index is 12.4. The molecule has 0 saturated heterocycles. The average molecular weight is 349 g/mol. The predicted octanol–water partition coefficient (Wildman–Crippen LogP) is 1.98. The molecular weight excluding hydrogens is 326 g/mol. The van der Waals surface area contributed by atoms with Crippen LogP contribution in [0.15, 0.2) is 23.4 Å². The largest absolute Gasteiger partial charge is 0.379 e. The zero-order valence-electron chi connectivity index (χ0n) is 14.4. The molecule has 8 heteroatoms. The van der Waals surface area contributed by atoms with Crippen LogP contribution in [0.2, 0.25) is 0 Å². The first-order valence-electron chi connectivity index (χ1n) is 8.04. The number of anilines is 1. The summed E-state index contributed by atoms with van der Waals surface area (Å²) in [5, 5.41) is 7.90. The lowest BCUT2D eigenvalue weighted by Crippen LogP contribution is -2.32. The summed E-state index contributed by atoms with van der Waals surface area (Å²) in [6, 6.07) is 3.57. The Labute approximate surface area is 142 Å². The standard InChI is InChI=1S/C16H23N5O2S/c1-11-18-14-7-5-13(10-21(14)20-11)19-12-6-8-15(17-9-12)24(22,23)16(2,3)4/h6,8-9,13,19H,5,7,10H2,1-4H3. The van der Waals surface area contributed by atoms with E-state index in [1.165, 1.54) is 0 Å². The summed E-state index contributed by atoms with van der Waals surface area (Å²) in [4.78, 5) is 8.54. The van der Waals surface area contributed by atoms with E-state index in [0.717, 1.165) is 36.7 Å². The zero-order valence-corrected chi connectivity index (χ0v) is 15.3. The van der Waals surface area contributed by atoms with Gasteiger partial charge in [-0.05, 0) is 46.2 Å². The first-order chi connectivity index (χ1) is 11.2. The van der Waals surface area contributed by atoms with Crippen LogP contribution in [-0.2, 0) is 22.8 Å². The fraction of sp³-hybridized carbons (Fsp3) is 0.562. The van der Waals surface area contributed by atoms with E-state index >= 15 is 0 Å². The zero-order chi connectivity index (χ0) is 17.5. The van der Waals surface area contributed by atoms with Crippen LogP contribution in [0.25, 0.3) is 0 Å². The number of pyridine rings is 1. The van der Waals surface area contributed by atoms with Gasteiger partial charge in [0.05, 0.1) is 23.2 Å². The van der Waals surface area contributed by atoms with Gasteiger partial charge in [0, 0.05) is 12.5 Å². The number of rotatable bonds is 3. The Hall–Kier alpha value is -1.96. The predicted molar refractivity (Wildman–Crippen MR) is 91.7 cm³/mol. The number of fused-ring (bicyclic) bond motifs is 1. The van der Waals surface area contributed by atoms with E-state index in [0.29, 0.717) is 0 Å². The van der Waals surface area contributed by atoms with Crippen molar-refractivity contribution >= 4 is 15.5 Å². The van der Waals surface area contributed by atoms with Gasteiger partial charge in [0.1, 0.15) is 11.6 Å². The van der Waals surface area contributed by atoms with Crippen LogP contribution in [0.5, 0.6) is 0 Å². The first kappa shape index (κ1) is 16.9. The molecule has 1 aliphatic heterocycles. The number of hydrogen-bond donors (Lipinski definition) is 1. The Morgan fingerprint density at radius 1 is 1.29 bits per heavy atom. The topological polar surface area (TPSA) is 89.8 Å². The summed E-state index contributed by atoms with van der Waals surface area (Å²) < 4.78 is 25.9. The van der Waals surface area contributed by atoms with E-state index in [1.54, 1.807) is 39.1 Å². The van der Waals surface area contributed by atoms with Crippen LogP contribution < -0.4 is 5.32 Å². The molecule has 1 N–H and O–H groups in total. The molecule has 3 heterocycles. The number of nitrogens with one attached hydrogen (secondary N) is 1. The molecule has 130 valence electrons. The molecule has 1 unspecified atom stereocenters. The summed E-state index contributed by atoms with van der Waals surface area (Å²) >= 11 is 0. The molecular formula is C16H23N5O2S. The van der Waals surface area contributed by atoms with Crippen LogP contribution in [-0.4, -0.2) is 39.0 Å². The van der Waals surface area contributed by atoms with E-state index in [1.807, 2.05) is 11.6 Å². The molecule has 0 amide bonds. The van der Waals surface area contributed by atoms with Crippen molar-refractivity contribution in [1.82, 2.24) is 19.7 Å². The molecule has 24 heavy (non-hydrogen) atoms. The molecule has 0 spiro atoms. The molecule has 1 atom stereocenters. The van der Waals surface area contributed by atoms with Gasteiger partial charge in [0.25, 0.3) is 0 Å². The van der Waals surface area contributed by atoms with Crippen LogP contribution in [0, 0.1) is 6.92 Å². The second kappa shape index (κ2) is 5.84. The van der Waals surface area contributed by atoms with Crippen molar-refractivity contribution in [3.05, 3.63) is 30.0 Å². The van der Waals surface area contributed by atoms with E-state index in [-0.39, 0.29) is 11.1 Å². The molecule has 3 rings (SSSR count). The number of hydrogen-bond acceptors (Lipinski definition) is 6. The van der Waals surface area contributed by atoms with Gasteiger partial charge < -0.3 is 5.32 Å². The second-order valence-corrected chi connectivity index (χ2v) is 9.79. The van der Waals surface area contributed by atoms with Crippen molar-refractivity contribution in [2.45, 2.75) is 62.9 Å². The lowest BCUT2D eigenvalue weighted by Gasteiger charge is -2.24. The lowest BCUT2D eigenvalue weighted by molar-refractivity contribution is 0.441. The summed E-state index contributed by atoms with van der Waals surface area (Å²) in [5.41, 5.74) is 0.813. The highest BCUT2D eigenvalue weighted by molar-refractivity contribution is 7.92. The van der Waals surface area contributed by atoms with Gasteiger partial charge >= 0.3 is 0 Å². The summed E-state index contributed by atoms with van der Waals surface area (Å²) in [5.74, 6) is 1.82. The van der Waals surface area contributed by atoms with Crippen LogP contribution in [0.1, 0.15) is 38.8 Å². The maximum Gasteiger partial charge on any atom is 0.200 e. The molecule has 0 aliphatic carbocycles. The Balaban J connectivity index is 1.72. The van der Waals surface area contributed by atoms with Gasteiger partial charge in [-0.1, -0.05) is 0 Å². The Morgan fingerprint density at radius 3 is 2.67 bits per heavy atom. The van der Waals surface area contributed by atoms with E-state index < -0.39 is 14.6 Å². The summed E-state index contributed by atoms with van der Waals surface area (Å²) in [6.07, 6.45) is 3.42. The Morgan fingerprint density at radius 2 is 2.04 bits per heavy atom. The van der Waals surface area contributed by atoms with Crippen molar-refractivity contribution in [1.29, 1.82) is 0 Å². The molecule has 2 aromatic heterocycles. The molecule has 2 aromatic rings.